The Bertz CT molecular complexity index is 736. The molecule has 1 aliphatic rings. The Kier molecular flexibility index (Phi) is 6.20. The van der Waals surface area contributed by atoms with Crippen molar-refractivity contribution in [1.82, 2.24) is 5.32 Å². The number of thioether (sulfide) groups is 1. The fourth-order valence-corrected chi connectivity index (χ4v) is 3.88. The maximum Gasteiger partial charge on any atom is 0.227 e. The van der Waals surface area contributed by atoms with Crippen LogP contribution in [0.25, 0.3) is 0 Å². The largest absolute Gasteiger partial charge is 0.468 e. The highest BCUT2D eigenvalue weighted by Gasteiger charge is 2.34. The number of hydrogen-bond donors (Lipinski definition) is 1. The predicted molar refractivity (Wildman–Crippen MR) is 102 cm³/mol. The molecule has 1 aromatic heterocycles. The molecule has 1 fully saturated rings. The van der Waals surface area contributed by atoms with Crippen LogP contribution in [-0.2, 0) is 15.3 Å². The number of rotatable bonds is 7. The van der Waals surface area contributed by atoms with Gasteiger partial charge in [0.15, 0.2) is 0 Å². The van der Waals surface area contributed by atoms with Crippen LogP contribution in [0, 0.1) is 5.92 Å². The number of furan rings is 1. The van der Waals surface area contributed by atoms with E-state index in [1.807, 2.05) is 36.4 Å². The number of halogens is 1. The lowest BCUT2D eigenvalue weighted by atomic mass is 10.1. The Morgan fingerprint density at radius 2 is 2.24 bits per heavy atom. The molecular formula is C18H19BrN2O3S. The summed E-state index contributed by atoms with van der Waals surface area (Å²) in [6, 6.07) is 11.4. The molecular weight excluding hydrogens is 404 g/mol. The van der Waals surface area contributed by atoms with Gasteiger partial charge in [0.05, 0.1) is 17.9 Å². The van der Waals surface area contributed by atoms with Gasteiger partial charge in [-0.25, -0.2) is 0 Å². The molecule has 0 radical (unpaired) electrons. The molecule has 0 spiro atoms. The van der Waals surface area contributed by atoms with Crippen LogP contribution in [0.1, 0.15) is 12.2 Å². The predicted octanol–water partition coefficient (Wildman–Crippen LogP) is 3.44. The Balaban J connectivity index is 1.43. The highest BCUT2D eigenvalue weighted by atomic mass is 79.9. The fraction of sp³-hybridized carbons (Fsp3) is 0.333. The number of benzene rings is 1. The Hall–Kier alpha value is -1.73. The van der Waals surface area contributed by atoms with Gasteiger partial charge >= 0.3 is 0 Å². The molecule has 2 aromatic rings. The van der Waals surface area contributed by atoms with Crippen LogP contribution in [0.4, 0.5) is 5.69 Å². The molecule has 1 aromatic carbocycles. The maximum absolute atomic E-state index is 12.3. The van der Waals surface area contributed by atoms with E-state index in [-0.39, 0.29) is 24.2 Å². The van der Waals surface area contributed by atoms with Gasteiger partial charge in [-0.1, -0.05) is 22.0 Å². The molecule has 1 saturated heterocycles. The summed E-state index contributed by atoms with van der Waals surface area (Å²) in [5.74, 6) is 2.18. The molecule has 1 atom stereocenters. The molecule has 2 amide bonds. The van der Waals surface area contributed by atoms with Crippen molar-refractivity contribution in [2.75, 3.05) is 23.7 Å². The lowest BCUT2D eigenvalue weighted by Gasteiger charge is -2.17. The fourth-order valence-electron chi connectivity index (χ4n) is 2.73. The molecule has 1 N–H and O–H groups in total. The van der Waals surface area contributed by atoms with Crippen LogP contribution in [0.15, 0.2) is 51.6 Å². The van der Waals surface area contributed by atoms with Crippen molar-refractivity contribution in [2.24, 2.45) is 5.92 Å². The molecule has 5 nitrogen and oxygen atoms in total. The average molecular weight is 423 g/mol. The number of nitrogens with zero attached hydrogens (tertiary/aromatic N) is 1. The summed E-state index contributed by atoms with van der Waals surface area (Å²) in [6.07, 6.45) is 1.92. The van der Waals surface area contributed by atoms with Crippen LogP contribution in [-0.4, -0.2) is 30.7 Å². The second kappa shape index (κ2) is 8.58. The van der Waals surface area contributed by atoms with E-state index >= 15 is 0 Å². The van der Waals surface area contributed by atoms with Crippen LogP contribution in [0.2, 0.25) is 0 Å². The number of carbonyl (C=O) groups excluding carboxylic acids is 2. The van der Waals surface area contributed by atoms with Gasteiger partial charge in [-0.3, -0.25) is 9.59 Å². The molecule has 1 unspecified atom stereocenters. The highest BCUT2D eigenvalue weighted by molar-refractivity contribution is 9.10. The number of anilines is 1. The molecule has 0 bridgehead atoms. The summed E-state index contributed by atoms with van der Waals surface area (Å²) in [4.78, 5) is 26.2. The van der Waals surface area contributed by atoms with E-state index in [1.54, 1.807) is 22.9 Å². The van der Waals surface area contributed by atoms with Gasteiger partial charge in [-0.05, 0) is 30.3 Å². The minimum Gasteiger partial charge on any atom is -0.468 e. The first-order valence-electron chi connectivity index (χ1n) is 8.07. The Labute approximate surface area is 159 Å². The van der Waals surface area contributed by atoms with E-state index in [0.717, 1.165) is 27.4 Å². The van der Waals surface area contributed by atoms with Crippen molar-refractivity contribution in [1.29, 1.82) is 0 Å². The van der Waals surface area contributed by atoms with Gasteiger partial charge in [0.25, 0.3) is 0 Å². The molecule has 25 heavy (non-hydrogen) atoms. The van der Waals surface area contributed by atoms with Crippen molar-refractivity contribution in [3.8, 4) is 0 Å². The first-order chi connectivity index (χ1) is 12.1. The van der Waals surface area contributed by atoms with Crippen molar-refractivity contribution < 1.29 is 14.0 Å². The third-order valence-corrected chi connectivity index (χ3v) is 5.46. The van der Waals surface area contributed by atoms with Gasteiger partial charge in [0, 0.05) is 35.4 Å². The van der Waals surface area contributed by atoms with Crippen LogP contribution in [0.5, 0.6) is 0 Å². The lowest BCUT2D eigenvalue weighted by molar-refractivity contribution is -0.126. The van der Waals surface area contributed by atoms with E-state index < -0.39 is 0 Å². The first kappa shape index (κ1) is 18.1. The van der Waals surface area contributed by atoms with Crippen molar-refractivity contribution in [2.45, 2.75) is 12.2 Å². The summed E-state index contributed by atoms with van der Waals surface area (Å²) < 4.78 is 6.18. The zero-order valence-electron chi connectivity index (χ0n) is 13.6. The maximum atomic E-state index is 12.3. The summed E-state index contributed by atoms with van der Waals surface area (Å²) >= 11 is 5.11. The van der Waals surface area contributed by atoms with Crippen molar-refractivity contribution in [3.63, 3.8) is 0 Å². The van der Waals surface area contributed by atoms with Gasteiger partial charge in [-0.15, -0.1) is 0 Å². The smallest absolute Gasteiger partial charge is 0.227 e. The topological polar surface area (TPSA) is 62.6 Å². The summed E-state index contributed by atoms with van der Waals surface area (Å²) in [5.41, 5.74) is 0.823. The number of nitrogens with one attached hydrogen (secondary N) is 1. The summed E-state index contributed by atoms with van der Waals surface area (Å²) in [7, 11) is 0. The molecule has 2 heterocycles. The second-order valence-electron chi connectivity index (χ2n) is 5.81. The Morgan fingerprint density at radius 3 is 3.00 bits per heavy atom. The van der Waals surface area contributed by atoms with Crippen LogP contribution < -0.4 is 10.2 Å². The standard InChI is InChI=1S/C18H19BrN2O3S/c19-14-3-1-4-15(10-14)21-11-13(9-17(21)22)18(23)20-6-8-25-12-16-5-2-7-24-16/h1-5,7,10,13H,6,8-9,11-12H2,(H,20,23). The third kappa shape index (κ3) is 4.89. The van der Waals surface area contributed by atoms with Gasteiger partial charge in [0.1, 0.15) is 5.76 Å². The number of carbonyl (C=O) groups is 2. The minimum atomic E-state index is -0.290. The van der Waals surface area contributed by atoms with Gasteiger partial charge < -0.3 is 14.6 Å². The molecule has 3 rings (SSSR count). The highest BCUT2D eigenvalue weighted by Crippen LogP contribution is 2.27. The van der Waals surface area contributed by atoms with Crippen LogP contribution >= 0.6 is 27.7 Å². The van der Waals surface area contributed by atoms with E-state index in [9.17, 15) is 9.59 Å². The quantitative estimate of drug-likeness (QED) is 0.694. The van der Waals surface area contributed by atoms with E-state index in [1.165, 1.54) is 0 Å². The molecule has 0 aliphatic carbocycles. The normalized spacial score (nSPS) is 17.1. The minimum absolute atomic E-state index is 0.00885. The van der Waals surface area contributed by atoms with Gasteiger partial charge in [-0.2, -0.15) is 11.8 Å². The van der Waals surface area contributed by atoms with Crippen molar-refractivity contribution in [3.05, 3.63) is 52.9 Å². The second-order valence-corrected chi connectivity index (χ2v) is 7.83. The first-order valence-corrected chi connectivity index (χ1v) is 10.0. The number of hydrogen-bond acceptors (Lipinski definition) is 4. The molecule has 0 saturated carbocycles. The molecule has 7 heteroatoms. The zero-order valence-corrected chi connectivity index (χ0v) is 16.0. The van der Waals surface area contributed by atoms with E-state index in [0.29, 0.717) is 13.1 Å². The monoisotopic (exact) mass is 422 g/mol. The van der Waals surface area contributed by atoms with Crippen molar-refractivity contribution >= 4 is 45.2 Å². The molecule has 132 valence electrons. The van der Waals surface area contributed by atoms with Gasteiger partial charge in [0.2, 0.25) is 11.8 Å². The Morgan fingerprint density at radius 1 is 1.36 bits per heavy atom. The SMILES string of the molecule is O=C(NCCSCc1ccco1)C1CC(=O)N(c2cccc(Br)c2)C1. The zero-order chi connectivity index (χ0) is 17.6. The van der Waals surface area contributed by atoms with E-state index in [4.69, 9.17) is 4.42 Å². The summed E-state index contributed by atoms with van der Waals surface area (Å²) in [6.45, 7) is 1.02. The number of amides is 2. The van der Waals surface area contributed by atoms with Crippen LogP contribution in [0.3, 0.4) is 0 Å². The average Bonchev–Trinajstić information content (AvgIpc) is 3.24. The lowest BCUT2D eigenvalue weighted by Crippen LogP contribution is -2.34. The third-order valence-electron chi connectivity index (χ3n) is 3.99. The molecule has 1 aliphatic heterocycles. The summed E-state index contributed by atoms with van der Waals surface area (Å²) in [5, 5.41) is 2.93. The van der Waals surface area contributed by atoms with E-state index in [2.05, 4.69) is 21.2 Å².